The molecule has 102 valence electrons. The number of aromatic nitrogens is 2. The molecule has 1 rings (SSSR count). The maximum Gasteiger partial charge on any atom is 0.320 e. The lowest BCUT2D eigenvalue weighted by molar-refractivity contribution is 0.155. The molecular weight excluding hydrogens is 232 g/mol. The first-order valence-corrected chi connectivity index (χ1v) is 6.17. The molecule has 0 aromatic carbocycles. The van der Waals surface area contributed by atoms with Crippen LogP contribution in [0.3, 0.4) is 0 Å². The van der Waals surface area contributed by atoms with Crippen molar-refractivity contribution in [2.45, 2.75) is 39.2 Å². The standard InChI is InChI=1S/C12H22N4O2/c1-5-12(6-2,8-17)14-11(18)13-10-7-9(3)16(4)15-10/h7,17H,5-6,8H2,1-4H3,(H2,13,14,15,18). The second-order valence-corrected chi connectivity index (χ2v) is 4.52. The minimum Gasteiger partial charge on any atom is -0.394 e. The fourth-order valence-corrected chi connectivity index (χ4v) is 1.70. The Morgan fingerprint density at radius 1 is 1.50 bits per heavy atom. The Labute approximate surface area is 107 Å². The van der Waals surface area contributed by atoms with E-state index >= 15 is 0 Å². The molecule has 1 aromatic rings. The van der Waals surface area contributed by atoms with Crippen molar-refractivity contribution in [1.82, 2.24) is 15.1 Å². The van der Waals surface area contributed by atoms with Crippen LogP contribution in [0, 0.1) is 6.92 Å². The molecule has 0 aliphatic rings. The summed E-state index contributed by atoms with van der Waals surface area (Å²) in [6, 6.07) is 1.45. The van der Waals surface area contributed by atoms with E-state index in [0.717, 1.165) is 5.69 Å². The maximum atomic E-state index is 11.8. The molecule has 0 fully saturated rings. The summed E-state index contributed by atoms with van der Waals surface area (Å²) in [4.78, 5) is 11.8. The van der Waals surface area contributed by atoms with Crippen LogP contribution in [0.15, 0.2) is 6.07 Å². The van der Waals surface area contributed by atoms with Crippen LogP contribution >= 0.6 is 0 Å². The SMILES string of the molecule is CCC(CC)(CO)NC(=O)Nc1cc(C)n(C)n1. The fraction of sp³-hybridized carbons (Fsp3) is 0.667. The van der Waals surface area contributed by atoms with Crippen molar-refractivity contribution in [3.8, 4) is 0 Å². The van der Waals surface area contributed by atoms with Gasteiger partial charge in [-0.25, -0.2) is 4.79 Å². The topological polar surface area (TPSA) is 79.2 Å². The smallest absolute Gasteiger partial charge is 0.320 e. The number of hydrogen-bond acceptors (Lipinski definition) is 3. The number of carbonyl (C=O) groups excluding carboxylic acids is 1. The predicted molar refractivity (Wildman–Crippen MR) is 70.5 cm³/mol. The fourth-order valence-electron chi connectivity index (χ4n) is 1.70. The van der Waals surface area contributed by atoms with E-state index in [9.17, 15) is 9.90 Å². The van der Waals surface area contributed by atoms with E-state index in [4.69, 9.17) is 0 Å². The lowest BCUT2D eigenvalue weighted by Gasteiger charge is -2.30. The number of rotatable bonds is 5. The van der Waals surface area contributed by atoms with Gasteiger partial charge in [0.15, 0.2) is 5.82 Å². The van der Waals surface area contributed by atoms with Gasteiger partial charge in [0.25, 0.3) is 0 Å². The summed E-state index contributed by atoms with van der Waals surface area (Å²) in [7, 11) is 1.81. The van der Waals surface area contributed by atoms with E-state index in [1.165, 1.54) is 0 Å². The van der Waals surface area contributed by atoms with Gasteiger partial charge in [0.1, 0.15) is 0 Å². The molecule has 0 spiro atoms. The quantitative estimate of drug-likeness (QED) is 0.743. The highest BCUT2D eigenvalue weighted by Crippen LogP contribution is 2.14. The number of urea groups is 1. The molecule has 0 aliphatic heterocycles. The van der Waals surface area contributed by atoms with E-state index in [1.807, 2.05) is 27.8 Å². The number of carbonyl (C=O) groups is 1. The third-order valence-corrected chi connectivity index (χ3v) is 3.39. The second-order valence-electron chi connectivity index (χ2n) is 4.52. The highest BCUT2D eigenvalue weighted by molar-refractivity contribution is 5.88. The Kier molecular flexibility index (Phi) is 4.72. The number of aliphatic hydroxyl groups is 1. The van der Waals surface area contributed by atoms with Crippen LogP contribution < -0.4 is 10.6 Å². The summed E-state index contributed by atoms with van der Waals surface area (Å²) in [6.45, 7) is 5.71. The molecule has 0 aliphatic carbocycles. The molecule has 0 saturated carbocycles. The van der Waals surface area contributed by atoms with Crippen molar-refractivity contribution < 1.29 is 9.90 Å². The van der Waals surface area contributed by atoms with Gasteiger partial charge >= 0.3 is 6.03 Å². The summed E-state index contributed by atoms with van der Waals surface area (Å²) < 4.78 is 1.69. The van der Waals surface area contributed by atoms with Gasteiger partial charge in [-0.2, -0.15) is 5.10 Å². The summed E-state index contributed by atoms with van der Waals surface area (Å²) in [6.07, 6.45) is 1.35. The Balaban J connectivity index is 2.66. The van der Waals surface area contributed by atoms with Crippen molar-refractivity contribution in [3.63, 3.8) is 0 Å². The molecule has 0 bridgehead atoms. The Morgan fingerprint density at radius 2 is 2.11 bits per heavy atom. The van der Waals surface area contributed by atoms with Crippen LogP contribution in [-0.4, -0.2) is 33.1 Å². The molecule has 0 saturated heterocycles. The molecule has 6 nitrogen and oxygen atoms in total. The summed E-state index contributed by atoms with van der Waals surface area (Å²) in [5.41, 5.74) is 0.401. The predicted octanol–water partition coefficient (Wildman–Crippen LogP) is 1.40. The number of hydrogen-bond donors (Lipinski definition) is 3. The Hall–Kier alpha value is -1.56. The van der Waals surface area contributed by atoms with Crippen molar-refractivity contribution in [2.75, 3.05) is 11.9 Å². The zero-order valence-corrected chi connectivity index (χ0v) is 11.4. The first kappa shape index (κ1) is 14.5. The van der Waals surface area contributed by atoms with Crippen LogP contribution in [0.4, 0.5) is 10.6 Å². The minimum absolute atomic E-state index is 0.0747. The third kappa shape index (κ3) is 3.22. The first-order chi connectivity index (χ1) is 8.46. The first-order valence-electron chi connectivity index (χ1n) is 6.17. The molecule has 6 heteroatoms. The van der Waals surface area contributed by atoms with Gasteiger partial charge in [0, 0.05) is 18.8 Å². The molecule has 1 heterocycles. The number of anilines is 1. The molecule has 1 aromatic heterocycles. The van der Waals surface area contributed by atoms with Gasteiger partial charge in [0.05, 0.1) is 12.1 Å². The zero-order valence-electron chi connectivity index (χ0n) is 11.4. The average molecular weight is 254 g/mol. The number of nitrogens with zero attached hydrogens (tertiary/aromatic N) is 2. The van der Waals surface area contributed by atoms with Crippen LogP contribution in [0.25, 0.3) is 0 Å². The Morgan fingerprint density at radius 3 is 2.50 bits per heavy atom. The van der Waals surface area contributed by atoms with E-state index in [-0.39, 0.29) is 12.6 Å². The van der Waals surface area contributed by atoms with Crippen LogP contribution in [-0.2, 0) is 7.05 Å². The van der Waals surface area contributed by atoms with E-state index < -0.39 is 5.54 Å². The van der Waals surface area contributed by atoms with Crippen molar-refractivity contribution in [3.05, 3.63) is 11.8 Å². The monoisotopic (exact) mass is 254 g/mol. The van der Waals surface area contributed by atoms with Gasteiger partial charge in [-0.15, -0.1) is 0 Å². The second kappa shape index (κ2) is 5.86. The van der Waals surface area contributed by atoms with Gasteiger partial charge in [-0.1, -0.05) is 13.8 Å². The van der Waals surface area contributed by atoms with Gasteiger partial charge in [-0.3, -0.25) is 10.00 Å². The Bertz CT molecular complexity index is 382. The molecule has 0 atom stereocenters. The third-order valence-electron chi connectivity index (χ3n) is 3.39. The lowest BCUT2D eigenvalue weighted by atomic mass is 9.94. The van der Waals surface area contributed by atoms with Crippen LogP contribution in [0.2, 0.25) is 0 Å². The summed E-state index contributed by atoms with van der Waals surface area (Å²) in [5, 5.41) is 19.0. The van der Waals surface area contributed by atoms with Gasteiger partial charge in [0.2, 0.25) is 0 Å². The number of aryl methyl sites for hydroxylation is 2. The van der Waals surface area contributed by atoms with E-state index in [0.29, 0.717) is 18.7 Å². The van der Waals surface area contributed by atoms with E-state index in [2.05, 4.69) is 15.7 Å². The minimum atomic E-state index is -0.562. The number of amides is 2. The van der Waals surface area contributed by atoms with Crippen molar-refractivity contribution in [1.29, 1.82) is 0 Å². The molecule has 3 N–H and O–H groups in total. The van der Waals surface area contributed by atoms with Crippen LogP contribution in [0.1, 0.15) is 32.4 Å². The van der Waals surface area contributed by atoms with Crippen molar-refractivity contribution in [2.24, 2.45) is 7.05 Å². The summed E-state index contributed by atoms with van der Waals surface area (Å²) in [5.74, 6) is 0.506. The average Bonchev–Trinajstić information content (AvgIpc) is 2.65. The normalized spacial score (nSPS) is 11.4. The summed E-state index contributed by atoms with van der Waals surface area (Å²) >= 11 is 0. The van der Waals surface area contributed by atoms with Gasteiger partial charge in [-0.05, 0) is 19.8 Å². The molecule has 18 heavy (non-hydrogen) atoms. The zero-order chi connectivity index (χ0) is 13.8. The molecule has 2 amide bonds. The number of nitrogens with one attached hydrogen (secondary N) is 2. The van der Waals surface area contributed by atoms with Crippen LogP contribution in [0.5, 0.6) is 0 Å². The van der Waals surface area contributed by atoms with Crippen molar-refractivity contribution >= 4 is 11.8 Å². The lowest BCUT2D eigenvalue weighted by Crippen LogP contribution is -2.52. The highest BCUT2D eigenvalue weighted by atomic mass is 16.3. The molecule has 0 unspecified atom stereocenters. The van der Waals surface area contributed by atoms with E-state index in [1.54, 1.807) is 10.7 Å². The number of aliphatic hydroxyl groups excluding tert-OH is 1. The molecular formula is C12H22N4O2. The van der Waals surface area contributed by atoms with Gasteiger partial charge < -0.3 is 10.4 Å². The molecule has 0 radical (unpaired) electrons. The maximum absolute atomic E-state index is 11.8. The highest BCUT2D eigenvalue weighted by Gasteiger charge is 2.27. The largest absolute Gasteiger partial charge is 0.394 e.